The summed E-state index contributed by atoms with van der Waals surface area (Å²) in [4.78, 5) is 28.9. The van der Waals surface area contributed by atoms with Crippen molar-refractivity contribution in [3.63, 3.8) is 0 Å². The highest BCUT2D eigenvalue weighted by Gasteiger charge is 2.32. The number of hydrogen-bond donors (Lipinski definition) is 1. The van der Waals surface area contributed by atoms with Gasteiger partial charge < -0.3 is 15.0 Å². The van der Waals surface area contributed by atoms with Crippen LogP contribution in [0.15, 0.2) is 41.8 Å². The fraction of sp³-hybridized carbons (Fsp3) is 0.429. The Kier molecular flexibility index (Phi) is 7.92. The van der Waals surface area contributed by atoms with Gasteiger partial charge in [0.2, 0.25) is 11.8 Å². The van der Waals surface area contributed by atoms with Crippen LogP contribution >= 0.6 is 11.3 Å². The molecular weight excluding hydrogens is 402 g/mol. The van der Waals surface area contributed by atoms with Crippen LogP contribution in [0.3, 0.4) is 0 Å². The van der Waals surface area contributed by atoms with Crippen molar-refractivity contribution in [2.45, 2.75) is 32.4 Å². The number of rotatable bonds is 11. The number of nitrogens with zero attached hydrogens (tertiary/aromatic N) is 4. The number of carbonyl (C=O) groups is 2. The van der Waals surface area contributed by atoms with E-state index in [0.717, 1.165) is 28.8 Å². The van der Waals surface area contributed by atoms with Gasteiger partial charge >= 0.3 is 0 Å². The van der Waals surface area contributed by atoms with E-state index in [1.54, 1.807) is 16.7 Å². The Morgan fingerprint density at radius 3 is 2.83 bits per heavy atom. The molecular formula is C21H27N5O3S. The number of hydrogen-bond acceptors (Lipinski definition) is 6. The van der Waals surface area contributed by atoms with Gasteiger partial charge in [-0.25, -0.2) is 4.68 Å². The van der Waals surface area contributed by atoms with Gasteiger partial charge in [-0.05, 0) is 30.0 Å². The fourth-order valence-electron chi connectivity index (χ4n) is 3.22. The first-order valence-corrected chi connectivity index (χ1v) is 10.9. The highest BCUT2D eigenvalue weighted by molar-refractivity contribution is 7.10. The number of thiophene rings is 1. The Labute approximate surface area is 179 Å². The van der Waals surface area contributed by atoms with E-state index >= 15 is 0 Å². The van der Waals surface area contributed by atoms with Crippen LogP contribution in [0.1, 0.15) is 30.7 Å². The normalized spacial score (nSPS) is 12.1. The van der Waals surface area contributed by atoms with Gasteiger partial charge in [0.25, 0.3) is 0 Å². The summed E-state index contributed by atoms with van der Waals surface area (Å²) in [6.07, 6.45) is 1.72. The zero-order valence-electron chi connectivity index (χ0n) is 17.3. The van der Waals surface area contributed by atoms with Gasteiger partial charge in [0.15, 0.2) is 0 Å². The van der Waals surface area contributed by atoms with E-state index in [1.165, 1.54) is 11.3 Å². The highest BCUT2D eigenvalue weighted by Crippen LogP contribution is 2.27. The summed E-state index contributed by atoms with van der Waals surface area (Å²) in [7, 11) is 1.59. The summed E-state index contributed by atoms with van der Waals surface area (Å²) in [5, 5.41) is 13.1. The van der Waals surface area contributed by atoms with Crippen molar-refractivity contribution in [1.82, 2.24) is 25.2 Å². The number of benzene rings is 1. The Balaban J connectivity index is 1.86. The number of para-hydroxylation sites is 1. The van der Waals surface area contributed by atoms with Crippen molar-refractivity contribution < 1.29 is 14.3 Å². The molecule has 30 heavy (non-hydrogen) atoms. The van der Waals surface area contributed by atoms with Crippen LogP contribution in [0.5, 0.6) is 0 Å². The summed E-state index contributed by atoms with van der Waals surface area (Å²) >= 11 is 1.47. The molecule has 0 bridgehead atoms. The number of nitrogens with one attached hydrogen (secondary N) is 1. The maximum absolute atomic E-state index is 13.4. The number of fused-ring (bicyclic) bond motifs is 1. The molecule has 1 atom stereocenters. The van der Waals surface area contributed by atoms with Gasteiger partial charge in [-0.3, -0.25) is 9.59 Å². The van der Waals surface area contributed by atoms with Crippen molar-refractivity contribution in [1.29, 1.82) is 0 Å². The first-order valence-electron chi connectivity index (χ1n) is 10.0. The van der Waals surface area contributed by atoms with Crippen molar-refractivity contribution >= 4 is 34.2 Å². The second kappa shape index (κ2) is 10.8. The first kappa shape index (κ1) is 21.9. The maximum atomic E-state index is 13.4. The molecule has 0 saturated carbocycles. The van der Waals surface area contributed by atoms with E-state index in [-0.39, 0.29) is 18.4 Å². The lowest BCUT2D eigenvalue weighted by Gasteiger charge is -2.30. The molecule has 3 rings (SSSR count). The van der Waals surface area contributed by atoms with E-state index in [1.807, 2.05) is 41.8 Å². The van der Waals surface area contributed by atoms with Crippen LogP contribution < -0.4 is 5.32 Å². The zero-order valence-corrected chi connectivity index (χ0v) is 18.1. The lowest BCUT2D eigenvalue weighted by atomic mass is 10.1. The SMILES string of the molecule is CCCCN(C(=O)Cn1nnc2ccccc21)[C@H](C(=O)NCCOC)c1cccs1. The minimum atomic E-state index is -0.685. The average Bonchev–Trinajstić information content (AvgIpc) is 3.41. The molecule has 2 amide bonds. The van der Waals surface area contributed by atoms with E-state index in [2.05, 4.69) is 22.6 Å². The molecule has 9 heteroatoms. The highest BCUT2D eigenvalue weighted by atomic mass is 32.1. The second-order valence-electron chi connectivity index (χ2n) is 6.88. The van der Waals surface area contributed by atoms with Crippen LogP contribution in [0.4, 0.5) is 0 Å². The lowest BCUT2D eigenvalue weighted by Crippen LogP contribution is -2.45. The monoisotopic (exact) mass is 429 g/mol. The third kappa shape index (κ3) is 5.22. The molecule has 0 radical (unpaired) electrons. The molecule has 160 valence electrons. The quantitative estimate of drug-likeness (QED) is 0.473. The molecule has 0 saturated heterocycles. The summed E-state index contributed by atoms with van der Waals surface area (Å²) in [5.41, 5.74) is 1.52. The molecule has 0 fully saturated rings. The molecule has 2 heterocycles. The van der Waals surface area contributed by atoms with Crippen molar-refractivity contribution in [2.75, 3.05) is 26.8 Å². The van der Waals surface area contributed by atoms with Crippen molar-refractivity contribution in [3.8, 4) is 0 Å². The predicted molar refractivity (Wildman–Crippen MR) is 116 cm³/mol. The second-order valence-corrected chi connectivity index (χ2v) is 7.86. The molecule has 0 aliphatic heterocycles. The summed E-state index contributed by atoms with van der Waals surface area (Å²) < 4.78 is 6.62. The van der Waals surface area contributed by atoms with E-state index < -0.39 is 6.04 Å². The van der Waals surface area contributed by atoms with Gasteiger partial charge in [0, 0.05) is 25.1 Å². The third-order valence-electron chi connectivity index (χ3n) is 4.76. The number of aromatic nitrogens is 3. The minimum absolute atomic E-state index is 0.0253. The van der Waals surface area contributed by atoms with Gasteiger partial charge in [0.1, 0.15) is 18.1 Å². The number of amides is 2. The van der Waals surface area contributed by atoms with E-state index in [4.69, 9.17) is 4.74 Å². The van der Waals surface area contributed by atoms with Crippen molar-refractivity contribution in [3.05, 3.63) is 46.7 Å². The molecule has 3 aromatic rings. The Morgan fingerprint density at radius 2 is 2.10 bits per heavy atom. The van der Waals surface area contributed by atoms with Crippen molar-refractivity contribution in [2.24, 2.45) is 0 Å². The van der Waals surface area contributed by atoms with Crippen LogP contribution in [0.2, 0.25) is 0 Å². The van der Waals surface area contributed by atoms with Crippen LogP contribution in [0, 0.1) is 0 Å². The number of carbonyl (C=O) groups excluding carboxylic acids is 2. The molecule has 1 N–H and O–H groups in total. The molecule has 2 aromatic heterocycles. The molecule has 0 spiro atoms. The molecule has 1 aromatic carbocycles. The molecule has 0 aliphatic carbocycles. The number of ether oxygens (including phenoxy) is 1. The Bertz CT molecular complexity index is 957. The number of unbranched alkanes of at least 4 members (excludes halogenated alkanes) is 1. The zero-order chi connectivity index (χ0) is 21.3. The van der Waals surface area contributed by atoms with Crippen LogP contribution in [-0.2, 0) is 20.9 Å². The third-order valence-corrected chi connectivity index (χ3v) is 5.68. The first-order chi connectivity index (χ1) is 14.7. The van der Waals surface area contributed by atoms with Crippen LogP contribution in [0.25, 0.3) is 11.0 Å². The standard InChI is InChI=1S/C21H27N5O3S/c1-3-4-12-25(19(27)15-26-17-9-6-5-8-16(17)23-24-26)20(18-10-7-14-30-18)21(28)22-11-13-29-2/h5-10,14,20H,3-4,11-13,15H2,1-2H3,(H,22,28)/t20-/m0/s1. The van der Waals surface area contributed by atoms with Crippen LogP contribution in [-0.4, -0.2) is 58.5 Å². The predicted octanol–water partition coefficient (Wildman–Crippen LogP) is 2.63. The van der Waals surface area contributed by atoms with E-state index in [9.17, 15) is 9.59 Å². The van der Waals surface area contributed by atoms with E-state index in [0.29, 0.717) is 19.7 Å². The van der Waals surface area contributed by atoms with Gasteiger partial charge in [-0.2, -0.15) is 0 Å². The Hall–Kier alpha value is -2.78. The average molecular weight is 430 g/mol. The lowest BCUT2D eigenvalue weighted by molar-refractivity contribution is -0.141. The summed E-state index contributed by atoms with van der Waals surface area (Å²) in [6, 6.07) is 10.6. The minimum Gasteiger partial charge on any atom is -0.383 e. The Morgan fingerprint density at radius 1 is 1.27 bits per heavy atom. The summed E-state index contributed by atoms with van der Waals surface area (Å²) in [6.45, 7) is 3.38. The maximum Gasteiger partial charge on any atom is 0.248 e. The number of methoxy groups -OCH3 is 1. The topological polar surface area (TPSA) is 89.4 Å². The molecule has 0 aliphatic rings. The largest absolute Gasteiger partial charge is 0.383 e. The molecule has 0 unspecified atom stereocenters. The summed E-state index contributed by atoms with van der Waals surface area (Å²) in [5.74, 6) is -0.373. The molecule has 8 nitrogen and oxygen atoms in total. The fourth-order valence-corrected chi connectivity index (χ4v) is 4.06. The van der Waals surface area contributed by atoms with Gasteiger partial charge in [-0.1, -0.05) is 36.8 Å². The smallest absolute Gasteiger partial charge is 0.248 e. The van der Waals surface area contributed by atoms with Gasteiger partial charge in [0.05, 0.1) is 12.1 Å². The van der Waals surface area contributed by atoms with Gasteiger partial charge in [-0.15, -0.1) is 16.4 Å².